The van der Waals surface area contributed by atoms with Gasteiger partial charge in [0.1, 0.15) is 0 Å². The van der Waals surface area contributed by atoms with Crippen LogP contribution in [0.5, 0.6) is 0 Å². The number of aromatic nitrogens is 1. The van der Waals surface area contributed by atoms with Gasteiger partial charge in [0.05, 0.1) is 5.56 Å². The van der Waals surface area contributed by atoms with Crippen molar-refractivity contribution in [3.8, 4) is 0 Å². The number of carbonyl (C=O) groups is 1. The van der Waals surface area contributed by atoms with Crippen molar-refractivity contribution >= 4 is 5.78 Å². The highest BCUT2D eigenvalue weighted by atomic mass is 19.4. The van der Waals surface area contributed by atoms with Crippen molar-refractivity contribution in [1.82, 2.24) is 4.98 Å². The fraction of sp³-hybridized carbons (Fsp3) is 0.143. The third-order valence-electron chi connectivity index (χ3n) is 2.65. The summed E-state index contributed by atoms with van der Waals surface area (Å²) in [7, 11) is 0. The number of benzene rings is 1. The van der Waals surface area contributed by atoms with Gasteiger partial charge in [0, 0.05) is 23.5 Å². The third kappa shape index (κ3) is 2.81. The zero-order valence-corrected chi connectivity index (χ0v) is 10.0. The van der Waals surface area contributed by atoms with E-state index in [9.17, 15) is 18.0 Å². The summed E-state index contributed by atoms with van der Waals surface area (Å²) in [5.74, 6) is -0.680. The molecule has 0 N–H and O–H groups in total. The Morgan fingerprint density at radius 3 is 2.53 bits per heavy atom. The Labute approximate surface area is 107 Å². The van der Waals surface area contributed by atoms with Gasteiger partial charge in [-0.1, -0.05) is 17.7 Å². The van der Waals surface area contributed by atoms with Crippen LogP contribution in [-0.2, 0) is 6.18 Å². The largest absolute Gasteiger partial charge is 0.417 e. The Hall–Kier alpha value is -2.17. The van der Waals surface area contributed by atoms with Crippen molar-refractivity contribution < 1.29 is 18.0 Å². The lowest BCUT2D eigenvalue weighted by Gasteiger charge is -2.12. The van der Waals surface area contributed by atoms with Crippen LogP contribution in [0.2, 0.25) is 0 Å². The highest BCUT2D eigenvalue weighted by Gasteiger charge is 2.35. The van der Waals surface area contributed by atoms with Crippen LogP contribution in [0.15, 0.2) is 42.7 Å². The smallest absolute Gasteiger partial charge is 0.289 e. The molecule has 0 aliphatic rings. The second-order valence-electron chi connectivity index (χ2n) is 4.12. The molecule has 1 heterocycles. The number of alkyl halides is 3. The summed E-state index contributed by atoms with van der Waals surface area (Å²) in [4.78, 5) is 15.8. The van der Waals surface area contributed by atoms with E-state index >= 15 is 0 Å². The molecule has 0 saturated carbocycles. The monoisotopic (exact) mass is 265 g/mol. The molecule has 1 aromatic carbocycles. The molecule has 0 radical (unpaired) electrons. The van der Waals surface area contributed by atoms with E-state index in [0.29, 0.717) is 5.56 Å². The fourth-order valence-corrected chi connectivity index (χ4v) is 1.74. The third-order valence-corrected chi connectivity index (χ3v) is 2.65. The first-order chi connectivity index (χ1) is 8.89. The van der Waals surface area contributed by atoms with E-state index in [1.807, 2.05) is 0 Å². The number of hydrogen-bond acceptors (Lipinski definition) is 2. The standard InChI is InChI=1S/C14H10F3NO/c1-9-4-5-11(12(7-9)14(15,16)17)13(19)10-3-2-6-18-8-10/h2-8H,1H3. The molecule has 0 aliphatic heterocycles. The van der Waals surface area contributed by atoms with Gasteiger partial charge in [0.25, 0.3) is 0 Å². The summed E-state index contributed by atoms with van der Waals surface area (Å²) in [6, 6.07) is 6.61. The van der Waals surface area contributed by atoms with Crippen LogP contribution < -0.4 is 0 Å². The minimum absolute atomic E-state index is 0.136. The number of hydrogen-bond donors (Lipinski definition) is 0. The Balaban J connectivity index is 2.54. The van der Waals surface area contributed by atoms with Crippen LogP contribution in [-0.4, -0.2) is 10.8 Å². The molecule has 19 heavy (non-hydrogen) atoms. The van der Waals surface area contributed by atoms with Crippen molar-refractivity contribution in [1.29, 1.82) is 0 Å². The molecule has 0 aliphatic carbocycles. The normalized spacial score (nSPS) is 11.4. The number of rotatable bonds is 2. The number of halogens is 3. The molecule has 2 rings (SSSR count). The predicted octanol–water partition coefficient (Wildman–Crippen LogP) is 3.64. The van der Waals surface area contributed by atoms with E-state index < -0.39 is 17.5 Å². The maximum atomic E-state index is 12.9. The zero-order valence-electron chi connectivity index (χ0n) is 10.0. The predicted molar refractivity (Wildman–Crippen MR) is 63.9 cm³/mol. The van der Waals surface area contributed by atoms with Gasteiger partial charge < -0.3 is 0 Å². The van der Waals surface area contributed by atoms with Gasteiger partial charge >= 0.3 is 6.18 Å². The van der Waals surface area contributed by atoms with Crippen LogP contribution in [0, 0.1) is 6.92 Å². The van der Waals surface area contributed by atoms with Gasteiger partial charge in [-0.2, -0.15) is 13.2 Å². The molecule has 2 nitrogen and oxygen atoms in total. The van der Waals surface area contributed by atoms with E-state index in [0.717, 1.165) is 6.07 Å². The molecule has 5 heteroatoms. The topological polar surface area (TPSA) is 30.0 Å². The molecule has 98 valence electrons. The van der Waals surface area contributed by atoms with Crippen LogP contribution in [0.25, 0.3) is 0 Å². The zero-order chi connectivity index (χ0) is 14.0. The lowest BCUT2D eigenvalue weighted by atomic mass is 9.97. The van der Waals surface area contributed by atoms with Gasteiger partial charge in [0.15, 0.2) is 5.78 Å². The summed E-state index contributed by atoms with van der Waals surface area (Å²) >= 11 is 0. The van der Waals surface area contributed by atoms with E-state index in [1.54, 1.807) is 6.92 Å². The summed E-state index contributed by atoms with van der Waals surface area (Å²) < 4.78 is 38.8. The van der Waals surface area contributed by atoms with Gasteiger partial charge in [0.2, 0.25) is 0 Å². The van der Waals surface area contributed by atoms with E-state index in [1.165, 1.54) is 36.7 Å². The second-order valence-corrected chi connectivity index (χ2v) is 4.12. The number of aryl methyl sites for hydroxylation is 1. The van der Waals surface area contributed by atoms with Crippen molar-refractivity contribution in [2.45, 2.75) is 13.1 Å². The van der Waals surface area contributed by atoms with E-state index in [-0.39, 0.29) is 11.1 Å². The minimum atomic E-state index is -4.56. The average molecular weight is 265 g/mol. The first kappa shape index (κ1) is 13.3. The van der Waals surface area contributed by atoms with E-state index in [2.05, 4.69) is 4.98 Å². The second kappa shape index (κ2) is 4.84. The minimum Gasteiger partial charge on any atom is -0.289 e. The molecule has 0 spiro atoms. The average Bonchev–Trinajstić information content (AvgIpc) is 2.38. The SMILES string of the molecule is Cc1ccc(C(=O)c2cccnc2)c(C(F)(F)F)c1. The van der Waals surface area contributed by atoms with Crippen molar-refractivity contribution in [3.05, 3.63) is 65.0 Å². The molecule has 0 unspecified atom stereocenters. The Morgan fingerprint density at radius 2 is 1.95 bits per heavy atom. The molecule has 1 aromatic heterocycles. The van der Waals surface area contributed by atoms with Crippen molar-refractivity contribution in [3.63, 3.8) is 0 Å². The molecular weight excluding hydrogens is 255 g/mol. The van der Waals surface area contributed by atoms with Crippen LogP contribution in [0.4, 0.5) is 13.2 Å². The summed E-state index contributed by atoms with van der Waals surface area (Å²) in [6.07, 6.45) is -1.85. The molecule has 0 atom stereocenters. The summed E-state index contributed by atoms with van der Waals surface area (Å²) in [5.41, 5.74) is -0.681. The highest BCUT2D eigenvalue weighted by molar-refractivity contribution is 6.09. The van der Waals surface area contributed by atoms with Gasteiger partial charge in [-0.05, 0) is 25.1 Å². The quantitative estimate of drug-likeness (QED) is 0.776. The molecule has 0 amide bonds. The van der Waals surface area contributed by atoms with Crippen LogP contribution >= 0.6 is 0 Å². The van der Waals surface area contributed by atoms with Crippen molar-refractivity contribution in [2.75, 3.05) is 0 Å². The van der Waals surface area contributed by atoms with Gasteiger partial charge in [-0.3, -0.25) is 9.78 Å². The molecule has 0 saturated heterocycles. The lowest BCUT2D eigenvalue weighted by molar-refractivity contribution is -0.137. The summed E-state index contributed by atoms with van der Waals surface area (Å²) in [5, 5.41) is 0. The Kier molecular flexibility index (Phi) is 3.38. The maximum absolute atomic E-state index is 12.9. The van der Waals surface area contributed by atoms with Crippen molar-refractivity contribution in [2.24, 2.45) is 0 Å². The maximum Gasteiger partial charge on any atom is 0.417 e. The number of ketones is 1. The fourth-order valence-electron chi connectivity index (χ4n) is 1.74. The number of carbonyl (C=O) groups excluding carboxylic acids is 1. The molecule has 0 bridgehead atoms. The molecule has 0 fully saturated rings. The number of nitrogens with zero attached hydrogens (tertiary/aromatic N) is 1. The number of pyridine rings is 1. The highest BCUT2D eigenvalue weighted by Crippen LogP contribution is 2.33. The van der Waals surface area contributed by atoms with Crippen LogP contribution in [0.3, 0.4) is 0 Å². The first-order valence-corrected chi connectivity index (χ1v) is 5.52. The lowest BCUT2D eigenvalue weighted by Crippen LogP contribution is -2.14. The Bertz CT molecular complexity index is 606. The van der Waals surface area contributed by atoms with E-state index in [4.69, 9.17) is 0 Å². The molecular formula is C14H10F3NO. The van der Waals surface area contributed by atoms with Gasteiger partial charge in [-0.25, -0.2) is 0 Å². The summed E-state index contributed by atoms with van der Waals surface area (Å²) in [6.45, 7) is 1.55. The first-order valence-electron chi connectivity index (χ1n) is 5.52. The Morgan fingerprint density at radius 1 is 1.21 bits per heavy atom. The van der Waals surface area contributed by atoms with Gasteiger partial charge in [-0.15, -0.1) is 0 Å². The van der Waals surface area contributed by atoms with Crippen LogP contribution in [0.1, 0.15) is 27.0 Å². The molecule has 2 aromatic rings.